The van der Waals surface area contributed by atoms with Crippen molar-refractivity contribution in [3.05, 3.63) is 29.8 Å². The van der Waals surface area contributed by atoms with Crippen molar-refractivity contribution in [1.82, 2.24) is 5.32 Å². The van der Waals surface area contributed by atoms with Crippen molar-refractivity contribution >= 4 is 0 Å². The average molecular weight is 261 g/mol. The number of halogens is 3. The van der Waals surface area contributed by atoms with Crippen molar-refractivity contribution in [2.24, 2.45) is 0 Å². The van der Waals surface area contributed by atoms with Crippen LogP contribution in [0.1, 0.15) is 18.4 Å². The fourth-order valence-electron chi connectivity index (χ4n) is 1.78. The smallest absolute Gasteiger partial charge is 0.406 e. The zero-order valence-corrected chi connectivity index (χ0v) is 9.57. The van der Waals surface area contributed by atoms with E-state index in [9.17, 15) is 18.3 Å². The van der Waals surface area contributed by atoms with Gasteiger partial charge in [-0.1, -0.05) is 12.1 Å². The Balaban J connectivity index is 1.83. The van der Waals surface area contributed by atoms with Gasteiger partial charge >= 0.3 is 6.36 Å². The zero-order chi connectivity index (χ0) is 13.2. The lowest BCUT2D eigenvalue weighted by atomic mass is 9.89. The molecule has 0 saturated heterocycles. The molecule has 18 heavy (non-hydrogen) atoms. The Morgan fingerprint density at radius 3 is 2.33 bits per heavy atom. The third-order valence-corrected chi connectivity index (χ3v) is 2.96. The normalized spacial score (nSPS) is 23.6. The fraction of sp³-hybridized carbons (Fsp3) is 0.500. The molecule has 1 aliphatic rings. The van der Waals surface area contributed by atoms with Crippen molar-refractivity contribution in [3.63, 3.8) is 0 Å². The summed E-state index contributed by atoms with van der Waals surface area (Å²) in [6.07, 6.45) is -3.24. The number of hydrogen-bond acceptors (Lipinski definition) is 3. The minimum Gasteiger partial charge on any atom is -0.406 e. The molecule has 2 atom stereocenters. The predicted molar refractivity (Wildman–Crippen MR) is 59.0 cm³/mol. The second kappa shape index (κ2) is 5.16. The summed E-state index contributed by atoms with van der Waals surface area (Å²) in [6, 6.07) is 5.79. The Morgan fingerprint density at radius 2 is 1.89 bits per heavy atom. The highest BCUT2D eigenvalue weighted by atomic mass is 19.4. The summed E-state index contributed by atoms with van der Waals surface area (Å²) in [6.45, 7) is 0.522. The predicted octanol–water partition coefficient (Wildman–Crippen LogP) is 2.20. The minimum atomic E-state index is -4.66. The van der Waals surface area contributed by atoms with Crippen molar-refractivity contribution < 1.29 is 23.0 Å². The molecular formula is C12H14F3NO2. The van der Waals surface area contributed by atoms with E-state index in [2.05, 4.69) is 10.1 Å². The van der Waals surface area contributed by atoms with Gasteiger partial charge in [-0.3, -0.25) is 0 Å². The van der Waals surface area contributed by atoms with E-state index in [0.717, 1.165) is 18.4 Å². The van der Waals surface area contributed by atoms with Crippen molar-refractivity contribution in [3.8, 4) is 5.75 Å². The number of alkyl halides is 3. The second-order valence-electron chi connectivity index (χ2n) is 4.32. The molecule has 3 nitrogen and oxygen atoms in total. The highest BCUT2D eigenvalue weighted by Gasteiger charge is 2.31. The topological polar surface area (TPSA) is 41.5 Å². The molecule has 1 aromatic rings. The van der Waals surface area contributed by atoms with E-state index in [1.807, 2.05) is 0 Å². The Bertz CT molecular complexity index is 391. The van der Waals surface area contributed by atoms with Crippen LogP contribution >= 0.6 is 0 Å². The molecule has 1 saturated carbocycles. The van der Waals surface area contributed by atoms with Crippen LogP contribution in [0.5, 0.6) is 5.75 Å². The summed E-state index contributed by atoms with van der Waals surface area (Å²) in [5, 5.41) is 12.5. The quantitative estimate of drug-likeness (QED) is 0.873. The first-order valence-corrected chi connectivity index (χ1v) is 5.70. The summed E-state index contributed by atoms with van der Waals surface area (Å²) in [5.74, 6) is -0.227. The van der Waals surface area contributed by atoms with Crippen LogP contribution in [-0.2, 0) is 6.54 Å². The number of rotatable bonds is 4. The summed E-state index contributed by atoms with van der Waals surface area (Å²) in [7, 11) is 0. The highest BCUT2D eigenvalue weighted by Crippen LogP contribution is 2.23. The number of nitrogens with one attached hydrogen (secondary N) is 1. The van der Waals surface area contributed by atoms with Crippen LogP contribution in [0, 0.1) is 0 Å². The molecule has 1 fully saturated rings. The van der Waals surface area contributed by atoms with Crippen molar-refractivity contribution in [1.29, 1.82) is 0 Å². The van der Waals surface area contributed by atoms with Gasteiger partial charge in [0.25, 0.3) is 0 Å². The van der Waals surface area contributed by atoms with Gasteiger partial charge in [0.05, 0.1) is 6.10 Å². The van der Waals surface area contributed by atoms with Crippen molar-refractivity contribution in [2.45, 2.75) is 37.9 Å². The summed E-state index contributed by atoms with van der Waals surface area (Å²) < 4.78 is 39.6. The van der Waals surface area contributed by atoms with Gasteiger partial charge in [-0.15, -0.1) is 13.2 Å². The average Bonchev–Trinajstić information content (AvgIpc) is 2.27. The number of aliphatic hydroxyl groups excluding tert-OH is 1. The first-order chi connectivity index (χ1) is 8.44. The number of benzene rings is 1. The summed E-state index contributed by atoms with van der Waals surface area (Å²) in [5.41, 5.74) is 0.851. The molecule has 0 bridgehead atoms. The first kappa shape index (κ1) is 13.2. The molecule has 0 aliphatic heterocycles. The largest absolute Gasteiger partial charge is 0.573 e. The standard InChI is InChI=1S/C12H14F3NO2/c13-12(14,15)18-9-3-1-8(2-4-9)7-16-10-5-6-11(10)17/h1-4,10-11,16-17H,5-7H2/t10-,11-/m0/s1. The van der Waals surface area contributed by atoms with E-state index in [-0.39, 0.29) is 17.9 Å². The number of hydrogen-bond donors (Lipinski definition) is 2. The maximum absolute atomic E-state index is 11.9. The van der Waals surface area contributed by atoms with E-state index in [1.54, 1.807) is 12.1 Å². The van der Waals surface area contributed by atoms with E-state index in [1.165, 1.54) is 12.1 Å². The van der Waals surface area contributed by atoms with E-state index >= 15 is 0 Å². The Labute approximate surface area is 103 Å². The van der Waals surface area contributed by atoms with Gasteiger partial charge in [-0.05, 0) is 30.5 Å². The Morgan fingerprint density at radius 1 is 1.22 bits per heavy atom. The van der Waals surface area contributed by atoms with Gasteiger partial charge in [0.15, 0.2) is 0 Å². The Hall–Kier alpha value is -1.27. The lowest BCUT2D eigenvalue weighted by Crippen LogP contribution is -2.47. The van der Waals surface area contributed by atoms with E-state index in [4.69, 9.17) is 0 Å². The zero-order valence-electron chi connectivity index (χ0n) is 9.57. The SMILES string of the molecule is O[C@H]1CC[C@@H]1NCc1ccc(OC(F)(F)F)cc1. The van der Waals surface area contributed by atoms with Gasteiger partial charge in [0.2, 0.25) is 0 Å². The molecule has 0 spiro atoms. The van der Waals surface area contributed by atoms with Crippen LogP contribution in [0.4, 0.5) is 13.2 Å². The fourth-order valence-corrected chi connectivity index (χ4v) is 1.78. The Kier molecular flexibility index (Phi) is 3.77. The van der Waals surface area contributed by atoms with E-state index in [0.29, 0.717) is 6.54 Å². The molecule has 2 rings (SSSR count). The third kappa shape index (κ3) is 3.61. The van der Waals surface area contributed by atoms with Gasteiger partial charge in [0, 0.05) is 12.6 Å². The molecule has 100 valence electrons. The van der Waals surface area contributed by atoms with Crippen LogP contribution < -0.4 is 10.1 Å². The molecule has 0 heterocycles. The first-order valence-electron chi connectivity index (χ1n) is 5.70. The van der Waals surface area contributed by atoms with Crippen LogP contribution in [0.25, 0.3) is 0 Å². The van der Waals surface area contributed by atoms with Crippen LogP contribution in [0.3, 0.4) is 0 Å². The lowest BCUT2D eigenvalue weighted by molar-refractivity contribution is -0.274. The lowest BCUT2D eigenvalue weighted by Gasteiger charge is -2.33. The second-order valence-corrected chi connectivity index (χ2v) is 4.32. The van der Waals surface area contributed by atoms with Crippen LogP contribution in [-0.4, -0.2) is 23.6 Å². The molecular weight excluding hydrogens is 247 g/mol. The van der Waals surface area contributed by atoms with Crippen LogP contribution in [0.15, 0.2) is 24.3 Å². The highest BCUT2D eigenvalue weighted by molar-refractivity contribution is 5.27. The maximum atomic E-state index is 11.9. The third-order valence-electron chi connectivity index (χ3n) is 2.96. The summed E-state index contributed by atoms with van der Waals surface area (Å²) in [4.78, 5) is 0. The van der Waals surface area contributed by atoms with Crippen molar-refractivity contribution in [2.75, 3.05) is 0 Å². The van der Waals surface area contributed by atoms with Gasteiger partial charge in [-0.25, -0.2) is 0 Å². The number of aliphatic hydroxyl groups is 1. The molecule has 0 radical (unpaired) electrons. The number of ether oxygens (including phenoxy) is 1. The molecule has 2 N–H and O–H groups in total. The molecule has 6 heteroatoms. The molecule has 1 aliphatic carbocycles. The van der Waals surface area contributed by atoms with Gasteiger partial charge < -0.3 is 15.2 Å². The molecule has 0 unspecified atom stereocenters. The summed E-state index contributed by atoms with van der Waals surface area (Å²) >= 11 is 0. The van der Waals surface area contributed by atoms with Crippen LogP contribution in [0.2, 0.25) is 0 Å². The molecule has 0 aromatic heterocycles. The molecule has 1 aromatic carbocycles. The minimum absolute atomic E-state index is 0.0936. The van der Waals surface area contributed by atoms with E-state index < -0.39 is 6.36 Å². The maximum Gasteiger partial charge on any atom is 0.573 e. The van der Waals surface area contributed by atoms with Gasteiger partial charge in [-0.2, -0.15) is 0 Å². The van der Waals surface area contributed by atoms with Gasteiger partial charge in [0.1, 0.15) is 5.75 Å². The molecule has 0 amide bonds. The monoisotopic (exact) mass is 261 g/mol.